The average molecular weight is 492 g/mol. The minimum atomic E-state index is -0.211. The van der Waals surface area contributed by atoms with E-state index in [9.17, 15) is 4.79 Å². The van der Waals surface area contributed by atoms with Gasteiger partial charge in [0.2, 0.25) is 5.84 Å². The van der Waals surface area contributed by atoms with Crippen LogP contribution in [-0.2, 0) is 4.79 Å². The van der Waals surface area contributed by atoms with Crippen LogP contribution in [0.15, 0.2) is 76.6 Å². The van der Waals surface area contributed by atoms with Gasteiger partial charge in [-0.25, -0.2) is 0 Å². The van der Waals surface area contributed by atoms with Gasteiger partial charge in [0.1, 0.15) is 10.9 Å². The number of carbonyl (C=O) groups excluding carboxylic acids is 1. The Balaban J connectivity index is 1.72. The van der Waals surface area contributed by atoms with Gasteiger partial charge in [-0.2, -0.15) is 0 Å². The second kappa shape index (κ2) is 7.36. The summed E-state index contributed by atoms with van der Waals surface area (Å²) in [5.74, 6) is 0.844. The maximum atomic E-state index is 13.0. The Bertz CT molecular complexity index is 984. The Morgan fingerprint density at radius 1 is 1.15 bits per heavy atom. The molecule has 2 aromatic carbocycles. The number of rotatable bonds is 3. The van der Waals surface area contributed by atoms with Crippen LogP contribution in [0.25, 0.3) is 3.58 Å². The number of halogens is 2. The maximum absolute atomic E-state index is 13.0. The number of ether oxygens (including phenoxy) is 1. The predicted molar refractivity (Wildman–Crippen MR) is 116 cm³/mol. The lowest BCUT2D eigenvalue weighted by Crippen LogP contribution is -2.44. The van der Waals surface area contributed by atoms with Gasteiger partial charge in [0.15, 0.2) is 0 Å². The normalized spacial score (nSPS) is 18.1. The fraction of sp³-hybridized carbons (Fsp3) is 0.100. The van der Waals surface area contributed by atoms with Crippen LogP contribution >= 0.6 is 34.2 Å². The zero-order chi connectivity index (χ0) is 19.0. The lowest BCUT2D eigenvalue weighted by molar-refractivity contribution is -0.112. The van der Waals surface area contributed by atoms with Crippen molar-refractivity contribution in [3.8, 4) is 5.75 Å². The smallest absolute Gasteiger partial charge is 0.298 e. The molecule has 0 bridgehead atoms. The molecule has 0 saturated heterocycles. The Morgan fingerprint density at radius 2 is 1.85 bits per heavy atom. The minimum Gasteiger partial charge on any atom is -0.497 e. The standard InChI is InChI=1S/C20H15ClIN3O2/c1-27-15-9-7-14(8-10-15)24-12-17(21)25-16(11-23-19(25)20(24)26)18(22)13-5-3-2-4-6-13/h2-10,12H,11H2,1H3/b18-16+. The molecule has 0 aliphatic carbocycles. The molecule has 0 saturated carbocycles. The largest absolute Gasteiger partial charge is 0.497 e. The van der Waals surface area contributed by atoms with Crippen molar-refractivity contribution >= 4 is 55.2 Å². The first-order valence-corrected chi connectivity index (χ1v) is 9.69. The van der Waals surface area contributed by atoms with Gasteiger partial charge in [0.25, 0.3) is 5.91 Å². The molecule has 0 fully saturated rings. The summed E-state index contributed by atoms with van der Waals surface area (Å²) in [4.78, 5) is 20.7. The van der Waals surface area contributed by atoms with Crippen molar-refractivity contribution in [3.63, 3.8) is 0 Å². The molecule has 4 rings (SSSR count). The second-order valence-corrected chi connectivity index (χ2v) is 7.39. The van der Waals surface area contributed by atoms with Crippen LogP contribution in [0, 0.1) is 0 Å². The molecule has 0 spiro atoms. The van der Waals surface area contributed by atoms with E-state index in [0.29, 0.717) is 23.2 Å². The summed E-state index contributed by atoms with van der Waals surface area (Å²) in [6.07, 6.45) is 1.63. The highest BCUT2D eigenvalue weighted by Crippen LogP contribution is 2.37. The molecule has 2 aromatic rings. The number of hydrogen-bond acceptors (Lipinski definition) is 4. The van der Waals surface area contributed by atoms with E-state index < -0.39 is 0 Å². The number of methoxy groups -OCH3 is 1. The number of fused-ring (bicyclic) bond motifs is 1. The molecule has 0 aromatic heterocycles. The van der Waals surface area contributed by atoms with Crippen LogP contribution < -0.4 is 9.64 Å². The lowest BCUT2D eigenvalue weighted by atomic mass is 10.2. The first-order valence-electron chi connectivity index (χ1n) is 8.23. The molecule has 0 N–H and O–H groups in total. The number of amidine groups is 1. The average Bonchev–Trinajstić information content (AvgIpc) is 3.17. The van der Waals surface area contributed by atoms with E-state index in [2.05, 4.69) is 27.6 Å². The fourth-order valence-corrected chi connectivity index (χ4v) is 4.05. The zero-order valence-corrected chi connectivity index (χ0v) is 17.3. The first-order chi connectivity index (χ1) is 13.1. The number of anilines is 1. The molecule has 27 heavy (non-hydrogen) atoms. The van der Waals surface area contributed by atoms with Crippen molar-refractivity contribution in [3.05, 3.63) is 77.2 Å². The molecule has 2 aliphatic heterocycles. The van der Waals surface area contributed by atoms with Gasteiger partial charge in [-0.1, -0.05) is 41.9 Å². The number of benzene rings is 2. The quantitative estimate of drug-likeness (QED) is 0.466. The van der Waals surface area contributed by atoms with Crippen molar-refractivity contribution in [2.75, 3.05) is 18.6 Å². The van der Waals surface area contributed by atoms with E-state index in [1.54, 1.807) is 30.3 Å². The summed E-state index contributed by atoms with van der Waals surface area (Å²) in [6, 6.07) is 17.2. The minimum absolute atomic E-state index is 0.211. The third-order valence-electron chi connectivity index (χ3n) is 4.35. The molecule has 7 heteroatoms. The Hall–Kier alpha value is -2.32. The topological polar surface area (TPSA) is 45.1 Å². The van der Waals surface area contributed by atoms with Crippen LogP contribution in [0.4, 0.5) is 5.69 Å². The second-order valence-electron chi connectivity index (χ2n) is 5.93. The molecule has 0 atom stereocenters. The van der Waals surface area contributed by atoms with E-state index in [0.717, 1.165) is 20.6 Å². The number of carbonyl (C=O) groups is 1. The highest BCUT2D eigenvalue weighted by molar-refractivity contribution is 14.1. The van der Waals surface area contributed by atoms with Crippen LogP contribution in [0.5, 0.6) is 5.75 Å². The molecular weight excluding hydrogens is 477 g/mol. The summed E-state index contributed by atoms with van der Waals surface area (Å²) in [5.41, 5.74) is 2.68. The van der Waals surface area contributed by atoms with Crippen molar-refractivity contribution < 1.29 is 9.53 Å². The summed E-state index contributed by atoms with van der Waals surface area (Å²) in [5, 5.41) is 0.432. The van der Waals surface area contributed by atoms with Gasteiger partial charge in [-0.15, -0.1) is 0 Å². The van der Waals surface area contributed by atoms with E-state index in [1.807, 2.05) is 42.5 Å². The molecule has 0 unspecified atom stereocenters. The summed E-state index contributed by atoms with van der Waals surface area (Å²) in [6.45, 7) is 0.411. The predicted octanol–water partition coefficient (Wildman–Crippen LogP) is 4.60. The molecular formula is C20H15ClIN3O2. The highest BCUT2D eigenvalue weighted by Gasteiger charge is 2.38. The molecule has 2 aliphatic rings. The third-order valence-corrected chi connectivity index (χ3v) is 5.86. The summed E-state index contributed by atoms with van der Waals surface area (Å²) < 4.78 is 6.19. The fourth-order valence-electron chi connectivity index (χ4n) is 3.00. The van der Waals surface area contributed by atoms with Crippen LogP contribution in [-0.4, -0.2) is 30.3 Å². The van der Waals surface area contributed by atoms with Gasteiger partial charge in [-0.05, 0) is 52.4 Å². The number of nitrogens with zero attached hydrogens (tertiary/aromatic N) is 3. The molecule has 5 nitrogen and oxygen atoms in total. The Morgan fingerprint density at radius 3 is 2.52 bits per heavy atom. The highest BCUT2D eigenvalue weighted by atomic mass is 127. The summed E-state index contributed by atoms with van der Waals surface area (Å²) in [7, 11) is 1.60. The molecule has 0 radical (unpaired) electrons. The maximum Gasteiger partial charge on any atom is 0.298 e. The number of hydrogen-bond donors (Lipinski definition) is 0. The van der Waals surface area contributed by atoms with E-state index >= 15 is 0 Å². The van der Waals surface area contributed by atoms with E-state index in [4.69, 9.17) is 16.3 Å². The number of aliphatic imine (C=N–C) groups is 1. The van der Waals surface area contributed by atoms with Crippen LogP contribution in [0.3, 0.4) is 0 Å². The summed E-state index contributed by atoms with van der Waals surface area (Å²) >= 11 is 8.84. The van der Waals surface area contributed by atoms with Gasteiger partial charge >= 0.3 is 0 Å². The molecule has 136 valence electrons. The van der Waals surface area contributed by atoms with Crippen LogP contribution in [0.1, 0.15) is 5.56 Å². The Kier molecular flexibility index (Phi) is 4.92. The van der Waals surface area contributed by atoms with Gasteiger partial charge in [-0.3, -0.25) is 19.6 Å². The SMILES string of the molecule is COc1ccc(N2C=C(Cl)N3C(=NC/C3=C(\I)c3ccccc3)C2=O)cc1. The van der Waals surface area contributed by atoms with Crippen molar-refractivity contribution in [1.82, 2.24) is 4.90 Å². The van der Waals surface area contributed by atoms with Gasteiger partial charge in [0.05, 0.1) is 19.4 Å². The van der Waals surface area contributed by atoms with Crippen molar-refractivity contribution in [2.45, 2.75) is 0 Å². The monoisotopic (exact) mass is 491 g/mol. The van der Waals surface area contributed by atoms with E-state index in [1.165, 1.54) is 4.90 Å². The van der Waals surface area contributed by atoms with Crippen molar-refractivity contribution in [2.24, 2.45) is 4.99 Å². The van der Waals surface area contributed by atoms with Gasteiger partial charge in [0, 0.05) is 15.5 Å². The van der Waals surface area contributed by atoms with Crippen molar-refractivity contribution in [1.29, 1.82) is 0 Å². The van der Waals surface area contributed by atoms with Gasteiger partial charge < -0.3 is 4.74 Å². The zero-order valence-electron chi connectivity index (χ0n) is 14.4. The molecule has 2 heterocycles. The Labute approximate surface area is 175 Å². The van der Waals surface area contributed by atoms with Crippen LogP contribution in [0.2, 0.25) is 0 Å². The van der Waals surface area contributed by atoms with E-state index in [-0.39, 0.29) is 5.91 Å². The third kappa shape index (κ3) is 3.23. The lowest BCUT2D eigenvalue weighted by Gasteiger charge is -2.31. The number of amides is 1. The molecule has 1 amide bonds. The first kappa shape index (κ1) is 18.1.